The largest absolute Gasteiger partial charge is 0.440 e. The van der Waals surface area contributed by atoms with Crippen molar-refractivity contribution >= 4 is 11.1 Å². The third-order valence-corrected chi connectivity index (χ3v) is 3.19. The lowest BCUT2D eigenvalue weighted by Crippen LogP contribution is -2.14. The first-order valence-corrected chi connectivity index (χ1v) is 5.54. The molecule has 1 fully saturated rings. The predicted octanol–water partition coefficient (Wildman–Crippen LogP) is 2.56. The number of nitrogens with two attached hydrogens (primary N) is 1. The Hall–Kier alpha value is -1.42. The van der Waals surface area contributed by atoms with Gasteiger partial charge in [0.25, 0.3) is 0 Å². The fraction of sp³-hybridized carbons (Fsp3) is 0.417. The maximum absolute atomic E-state index is 13.0. The molecule has 3 nitrogen and oxygen atoms in total. The second kappa shape index (κ2) is 3.56. The topological polar surface area (TPSA) is 52.0 Å². The van der Waals surface area contributed by atoms with Crippen molar-refractivity contribution in [1.29, 1.82) is 0 Å². The first-order chi connectivity index (χ1) is 7.72. The molecule has 4 heteroatoms. The molecule has 2 atom stereocenters. The molecule has 2 N–H and O–H groups in total. The summed E-state index contributed by atoms with van der Waals surface area (Å²) in [7, 11) is 0. The van der Waals surface area contributed by atoms with Gasteiger partial charge >= 0.3 is 0 Å². The van der Waals surface area contributed by atoms with Crippen molar-refractivity contribution in [3.63, 3.8) is 0 Å². The van der Waals surface area contributed by atoms with Crippen LogP contribution in [0, 0.1) is 5.82 Å². The summed E-state index contributed by atoms with van der Waals surface area (Å²) >= 11 is 0. The molecule has 0 amide bonds. The summed E-state index contributed by atoms with van der Waals surface area (Å²) in [4.78, 5) is 4.38. The average molecular weight is 220 g/mol. The summed E-state index contributed by atoms with van der Waals surface area (Å²) < 4.78 is 18.6. The van der Waals surface area contributed by atoms with Crippen LogP contribution in [0.4, 0.5) is 4.39 Å². The number of halogens is 1. The molecule has 1 heterocycles. The highest BCUT2D eigenvalue weighted by molar-refractivity contribution is 5.72. The van der Waals surface area contributed by atoms with Crippen molar-refractivity contribution < 1.29 is 8.81 Å². The molecule has 0 aliphatic heterocycles. The summed E-state index contributed by atoms with van der Waals surface area (Å²) in [5.74, 6) is 0.706. The average Bonchev–Trinajstić information content (AvgIpc) is 2.83. The van der Waals surface area contributed by atoms with Crippen molar-refractivity contribution in [3.8, 4) is 0 Å². The molecule has 1 aliphatic rings. The molecule has 2 unspecified atom stereocenters. The monoisotopic (exact) mass is 220 g/mol. The molecule has 16 heavy (non-hydrogen) atoms. The van der Waals surface area contributed by atoms with Gasteiger partial charge in [0.05, 0.1) is 0 Å². The second-order valence-corrected chi connectivity index (χ2v) is 4.43. The van der Waals surface area contributed by atoms with Gasteiger partial charge in [0.15, 0.2) is 11.5 Å². The number of benzene rings is 1. The standard InChI is InChI=1S/C12H13FN2O/c13-8-2-4-10-11(6-8)16-12(15-10)7-1-3-9(14)5-7/h2,4,6-7,9H,1,3,5,14H2. The van der Waals surface area contributed by atoms with Crippen molar-refractivity contribution in [2.24, 2.45) is 5.73 Å². The molecule has 2 aromatic rings. The van der Waals surface area contributed by atoms with Gasteiger partial charge in [-0.05, 0) is 31.4 Å². The predicted molar refractivity (Wildman–Crippen MR) is 58.5 cm³/mol. The van der Waals surface area contributed by atoms with Crippen molar-refractivity contribution in [3.05, 3.63) is 29.9 Å². The zero-order chi connectivity index (χ0) is 11.1. The van der Waals surface area contributed by atoms with E-state index in [1.54, 1.807) is 6.07 Å². The van der Waals surface area contributed by atoms with Gasteiger partial charge in [0, 0.05) is 18.0 Å². The van der Waals surface area contributed by atoms with E-state index < -0.39 is 0 Å². The lowest BCUT2D eigenvalue weighted by atomic mass is 10.1. The molecule has 1 saturated carbocycles. The van der Waals surface area contributed by atoms with Crippen LogP contribution in [0.3, 0.4) is 0 Å². The first kappa shape index (κ1) is 9.78. The molecule has 0 saturated heterocycles. The van der Waals surface area contributed by atoms with Crippen LogP contribution >= 0.6 is 0 Å². The summed E-state index contributed by atoms with van der Waals surface area (Å²) in [5.41, 5.74) is 7.09. The Morgan fingerprint density at radius 3 is 3.00 bits per heavy atom. The van der Waals surface area contributed by atoms with Crippen LogP contribution in [0.15, 0.2) is 22.6 Å². The highest BCUT2D eigenvalue weighted by Crippen LogP contribution is 2.34. The van der Waals surface area contributed by atoms with E-state index in [1.807, 2.05) is 0 Å². The van der Waals surface area contributed by atoms with Crippen LogP contribution in [0.1, 0.15) is 31.1 Å². The normalized spacial score (nSPS) is 25.4. The van der Waals surface area contributed by atoms with Crippen LogP contribution in [-0.2, 0) is 0 Å². The van der Waals surface area contributed by atoms with Crippen molar-refractivity contribution in [2.45, 2.75) is 31.2 Å². The minimum absolute atomic E-state index is 0.247. The molecule has 1 aromatic carbocycles. The Balaban J connectivity index is 1.99. The van der Waals surface area contributed by atoms with E-state index in [0.717, 1.165) is 24.8 Å². The lowest BCUT2D eigenvalue weighted by Gasteiger charge is -2.02. The van der Waals surface area contributed by atoms with Gasteiger partial charge in [-0.25, -0.2) is 9.37 Å². The number of fused-ring (bicyclic) bond motifs is 1. The molecule has 1 aromatic heterocycles. The number of oxazole rings is 1. The van der Waals surface area contributed by atoms with Gasteiger partial charge in [-0.2, -0.15) is 0 Å². The van der Waals surface area contributed by atoms with E-state index in [9.17, 15) is 4.39 Å². The highest BCUT2D eigenvalue weighted by atomic mass is 19.1. The fourth-order valence-electron chi connectivity index (χ4n) is 2.33. The third-order valence-electron chi connectivity index (χ3n) is 3.19. The Kier molecular flexibility index (Phi) is 2.17. The molecule has 0 radical (unpaired) electrons. The Morgan fingerprint density at radius 1 is 1.38 bits per heavy atom. The lowest BCUT2D eigenvalue weighted by molar-refractivity contribution is 0.470. The van der Waals surface area contributed by atoms with E-state index in [-0.39, 0.29) is 11.9 Å². The van der Waals surface area contributed by atoms with Gasteiger partial charge < -0.3 is 10.2 Å². The molecule has 0 spiro atoms. The summed E-state index contributed by atoms with van der Waals surface area (Å²) in [6, 6.07) is 4.67. The number of nitrogens with zero attached hydrogens (tertiary/aromatic N) is 1. The highest BCUT2D eigenvalue weighted by Gasteiger charge is 2.27. The first-order valence-electron chi connectivity index (χ1n) is 5.54. The molecule has 3 rings (SSSR count). The van der Waals surface area contributed by atoms with Gasteiger partial charge in [0.2, 0.25) is 0 Å². The van der Waals surface area contributed by atoms with E-state index >= 15 is 0 Å². The van der Waals surface area contributed by atoms with Crippen molar-refractivity contribution in [2.75, 3.05) is 0 Å². The maximum atomic E-state index is 13.0. The maximum Gasteiger partial charge on any atom is 0.198 e. The third kappa shape index (κ3) is 1.59. The molecular formula is C12H13FN2O. The van der Waals surface area contributed by atoms with Crippen LogP contribution in [0.5, 0.6) is 0 Å². The number of hydrogen-bond donors (Lipinski definition) is 1. The van der Waals surface area contributed by atoms with Crippen LogP contribution < -0.4 is 5.73 Å². The number of hydrogen-bond acceptors (Lipinski definition) is 3. The zero-order valence-electron chi connectivity index (χ0n) is 8.82. The van der Waals surface area contributed by atoms with Gasteiger partial charge in [-0.1, -0.05) is 0 Å². The number of rotatable bonds is 1. The minimum Gasteiger partial charge on any atom is -0.440 e. The Morgan fingerprint density at radius 2 is 2.25 bits per heavy atom. The van der Waals surface area contributed by atoms with E-state index in [2.05, 4.69) is 4.98 Å². The van der Waals surface area contributed by atoms with Crippen LogP contribution in [-0.4, -0.2) is 11.0 Å². The Labute approximate surface area is 92.5 Å². The summed E-state index contributed by atoms with van der Waals surface area (Å²) in [6.45, 7) is 0. The molecule has 84 valence electrons. The van der Waals surface area contributed by atoms with Gasteiger partial charge in [0.1, 0.15) is 11.3 Å². The van der Waals surface area contributed by atoms with E-state index in [4.69, 9.17) is 10.2 Å². The smallest absolute Gasteiger partial charge is 0.198 e. The van der Waals surface area contributed by atoms with Crippen LogP contribution in [0.2, 0.25) is 0 Å². The van der Waals surface area contributed by atoms with Crippen molar-refractivity contribution in [1.82, 2.24) is 4.98 Å². The SMILES string of the molecule is NC1CCC(c2nc3ccc(F)cc3o2)C1. The molecular weight excluding hydrogens is 207 g/mol. The zero-order valence-corrected chi connectivity index (χ0v) is 8.82. The number of aromatic nitrogens is 1. The van der Waals surface area contributed by atoms with Gasteiger partial charge in [-0.3, -0.25) is 0 Å². The van der Waals surface area contributed by atoms with Crippen LogP contribution in [0.25, 0.3) is 11.1 Å². The summed E-state index contributed by atoms with van der Waals surface area (Å²) in [6.07, 6.45) is 2.93. The molecule has 1 aliphatic carbocycles. The Bertz CT molecular complexity index is 523. The quantitative estimate of drug-likeness (QED) is 0.803. The molecule has 0 bridgehead atoms. The second-order valence-electron chi connectivity index (χ2n) is 4.43. The van der Waals surface area contributed by atoms with E-state index in [1.165, 1.54) is 12.1 Å². The minimum atomic E-state index is -0.293. The fourth-order valence-corrected chi connectivity index (χ4v) is 2.33. The summed E-state index contributed by atoms with van der Waals surface area (Å²) in [5, 5.41) is 0. The van der Waals surface area contributed by atoms with E-state index in [0.29, 0.717) is 17.4 Å². The van der Waals surface area contributed by atoms with Gasteiger partial charge in [-0.15, -0.1) is 0 Å².